The van der Waals surface area contributed by atoms with Crippen LogP contribution in [0.1, 0.15) is 11.1 Å². The molecule has 2 aromatic carbocycles. The zero-order chi connectivity index (χ0) is 22.0. The number of aromatic nitrogens is 3. The van der Waals surface area contributed by atoms with Crippen LogP contribution in [-0.2, 0) is 6.54 Å². The summed E-state index contributed by atoms with van der Waals surface area (Å²) in [7, 11) is 1.40. The molecule has 2 aromatic heterocycles. The van der Waals surface area contributed by atoms with Gasteiger partial charge in [-0.15, -0.1) is 11.3 Å². The molecule has 0 unspecified atom stereocenters. The van der Waals surface area contributed by atoms with Gasteiger partial charge in [0.15, 0.2) is 0 Å². The van der Waals surface area contributed by atoms with E-state index in [2.05, 4.69) is 15.3 Å². The van der Waals surface area contributed by atoms with Gasteiger partial charge in [-0.2, -0.15) is 4.98 Å². The number of methoxy groups -OCH3 is 1. The zero-order valence-electron chi connectivity index (χ0n) is 16.7. The Kier molecular flexibility index (Phi) is 6.01. The Labute approximate surface area is 187 Å². The standard InChI is InChI=1S/C22H18ClFN4O2S/c1-13-3-4-15(19-11-31-12-25-19)7-18(13)26-22-27-21(29)20(30-2)10-28(22)9-14-5-16(23)8-17(24)6-14/h3-8,10-12H,9H2,1-2H3,(H,26,27,29). The van der Waals surface area contributed by atoms with Crippen molar-refractivity contribution < 1.29 is 9.13 Å². The number of rotatable bonds is 6. The van der Waals surface area contributed by atoms with Gasteiger partial charge in [-0.1, -0.05) is 23.7 Å². The van der Waals surface area contributed by atoms with Gasteiger partial charge >= 0.3 is 5.56 Å². The van der Waals surface area contributed by atoms with Crippen molar-refractivity contribution in [1.82, 2.24) is 14.5 Å². The van der Waals surface area contributed by atoms with Gasteiger partial charge in [0.25, 0.3) is 0 Å². The van der Waals surface area contributed by atoms with Crippen LogP contribution in [0.5, 0.6) is 5.75 Å². The van der Waals surface area contributed by atoms with Crippen LogP contribution in [0, 0.1) is 12.7 Å². The van der Waals surface area contributed by atoms with Crippen molar-refractivity contribution in [3.05, 3.63) is 85.8 Å². The lowest BCUT2D eigenvalue weighted by Gasteiger charge is -2.17. The molecule has 0 saturated carbocycles. The minimum atomic E-state index is -0.508. The maximum Gasteiger partial charge on any atom is 0.316 e. The Bertz CT molecular complexity index is 1270. The highest BCUT2D eigenvalue weighted by atomic mass is 35.5. The lowest BCUT2D eigenvalue weighted by molar-refractivity contribution is 0.402. The average Bonchev–Trinajstić information content (AvgIpc) is 3.25. The third kappa shape index (κ3) is 4.76. The van der Waals surface area contributed by atoms with E-state index in [1.54, 1.807) is 16.1 Å². The van der Waals surface area contributed by atoms with E-state index in [0.717, 1.165) is 22.5 Å². The summed E-state index contributed by atoms with van der Waals surface area (Å²) in [6.07, 6.45) is 1.54. The van der Waals surface area contributed by atoms with E-state index in [-0.39, 0.29) is 17.3 Å². The van der Waals surface area contributed by atoms with Crippen molar-refractivity contribution in [2.24, 2.45) is 0 Å². The van der Waals surface area contributed by atoms with Gasteiger partial charge in [0, 0.05) is 21.7 Å². The summed E-state index contributed by atoms with van der Waals surface area (Å²) in [6.45, 7) is 2.18. The zero-order valence-corrected chi connectivity index (χ0v) is 18.3. The Morgan fingerprint density at radius 1 is 1.26 bits per heavy atom. The van der Waals surface area contributed by atoms with Crippen LogP contribution in [0.2, 0.25) is 5.02 Å². The van der Waals surface area contributed by atoms with Crippen molar-refractivity contribution in [3.8, 4) is 17.0 Å². The molecular formula is C22H18ClFN4O2S. The fraction of sp³-hybridized carbons (Fsp3) is 0.136. The van der Waals surface area contributed by atoms with Gasteiger partial charge in [0.05, 0.1) is 31.1 Å². The number of aryl methyl sites for hydroxylation is 1. The maximum atomic E-state index is 13.8. The van der Waals surface area contributed by atoms with Crippen molar-refractivity contribution >= 4 is 34.6 Å². The highest BCUT2D eigenvalue weighted by Gasteiger charge is 2.13. The molecule has 9 heteroatoms. The minimum absolute atomic E-state index is 0.0843. The largest absolute Gasteiger partial charge is 0.490 e. The number of hydrogen-bond donors (Lipinski definition) is 1. The third-order valence-electron chi connectivity index (χ3n) is 4.67. The molecule has 0 fully saturated rings. The predicted octanol–water partition coefficient (Wildman–Crippen LogP) is 5.27. The van der Waals surface area contributed by atoms with Gasteiger partial charge in [-0.05, 0) is 42.3 Å². The molecule has 0 aliphatic carbocycles. The quantitative estimate of drug-likeness (QED) is 0.428. The highest BCUT2D eigenvalue weighted by molar-refractivity contribution is 7.07. The maximum absolute atomic E-state index is 13.8. The van der Waals surface area contributed by atoms with Crippen molar-refractivity contribution in [2.45, 2.75) is 13.5 Å². The van der Waals surface area contributed by atoms with Crippen LogP contribution in [-0.4, -0.2) is 21.6 Å². The Balaban J connectivity index is 1.75. The number of ether oxygens (including phenoxy) is 1. The summed E-state index contributed by atoms with van der Waals surface area (Å²) in [4.78, 5) is 20.8. The van der Waals surface area contributed by atoms with E-state index in [1.807, 2.05) is 30.5 Å². The molecule has 6 nitrogen and oxygen atoms in total. The number of benzene rings is 2. The van der Waals surface area contributed by atoms with E-state index in [9.17, 15) is 9.18 Å². The van der Waals surface area contributed by atoms with Crippen LogP contribution in [0.25, 0.3) is 11.3 Å². The first kappa shape index (κ1) is 21.0. The van der Waals surface area contributed by atoms with Gasteiger partial charge in [0.1, 0.15) is 5.82 Å². The average molecular weight is 457 g/mol. The lowest BCUT2D eigenvalue weighted by atomic mass is 10.1. The highest BCUT2D eigenvalue weighted by Crippen LogP contribution is 2.27. The smallest absolute Gasteiger partial charge is 0.316 e. The molecule has 0 saturated heterocycles. The summed E-state index contributed by atoms with van der Waals surface area (Å²) in [6, 6.07) is 10.2. The molecule has 31 heavy (non-hydrogen) atoms. The van der Waals surface area contributed by atoms with Crippen LogP contribution in [0.3, 0.4) is 0 Å². The fourth-order valence-corrected chi connectivity index (χ4v) is 3.93. The molecule has 2 heterocycles. The second-order valence-electron chi connectivity index (χ2n) is 6.87. The van der Waals surface area contributed by atoms with Crippen molar-refractivity contribution in [3.63, 3.8) is 0 Å². The summed E-state index contributed by atoms with van der Waals surface area (Å²) in [5, 5.41) is 5.48. The molecular weight excluding hydrogens is 439 g/mol. The summed E-state index contributed by atoms with van der Waals surface area (Å²) < 4.78 is 20.6. The van der Waals surface area contributed by atoms with E-state index < -0.39 is 11.4 Å². The van der Waals surface area contributed by atoms with E-state index in [0.29, 0.717) is 11.5 Å². The number of thiazole rings is 1. The SMILES string of the molecule is COc1cn(Cc2cc(F)cc(Cl)c2)c(Nc2cc(-c3cscn3)ccc2C)nc1=O. The Morgan fingerprint density at radius 3 is 2.81 bits per heavy atom. The first-order valence-corrected chi connectivity index (χ1v) is 10.6. The van der Waals surface area contributed by atoms with Crippen LogP contribution >= 0.6 is 22.9 Å². The number of nitrogens with zero attached hydrogens (tertiary/aromatic N) is 3. The van der Waals surface area contributed by atoms with Gasteiger partial charge in [0.2, 0.25) is 11.7 Å². The monoisotopic (exact) mass is 456 g/mol. The molecule has 0 spiro atoms. The normalized spacial score (nSPS) is 10.8. The van der Waals surface area contributed by atoms with E-state index >= 15 is 0 Å². The fourth-order valence-electron chi connectivity index (χ4n) is 3.12. The summed E-state index contributed by atoms with van der Waals surface area (Å²) >= 11 is 7.51. The molecule has 0 amide bonds. The first-order valence-electron chi connectivity index (χ1n) is 9.29. The molecule has 158 valence electrons. The molecule has 0 aliphatic rings. The third-order valence-corrected chi connectivity index (χ3v) is 5.48. The second kappa shape index (κ2) is 8.87. The summed E-state index contributed by atoms with van der Waals surface area (Å²) in [5.41, 5.74) is 5.42. The molecule has 4 aromatic rings. The first-order chi connectivity index (χ1) is 14.9. The summed E-state index contributed by atoms with van der Waals surface area (Å²) in [5.74, 6) is -0.0597. The van der Waals surface area contributed by atoms with E-state index in [4.69, 9.17) is 16.3 Å². The number of anilines is 2. The minimum Gasteiger partial charge on any atom is -0.490 e. The Morgan fingerprint density at radius 2 is 2.10 bits per heavy atom. The van der Waals surface area contributed by atoms with Crippen LogP contribution in [0.4, 0.5) is 16.0 Å². The van der Waals surface area contributed by atoms with Crippen LogP contribution in [0.15, 0.2) is 58.3 Å². The van der Waals surface area contributed by atoms with Crippen LogP contribution < -0.4 is 15.6 Å². The molecule has 0 bridgehead atoms. The van der Waals surface area contributed by atoms with Gasteiger partial charge < -0.3 is 14.6 Å². The lowest BCUT2D eigenvalue weighted by Crippen LogP contribution is -2.19. The van der Waals surface area contributed by atoms with Gasteiger partial charge in [-0.25, -0.2) is 9.37 Å². The topological polar surface area (TPSA) is 69.0 Å². The molecule has 0 radical (unpaired) electrons. The molecule has 0 atom stereocenters. The number of halogens is 2. The molecule has 4 rings (SSSR count). The van der Waals surface area contributed by atoms with E-state index in [1.165, 1.54) is 36.8 Å². The van der Waals surface area contributed by atoms with Gasteiger partial charge in [-0.3, -0.25) is 4.79 Å². The predicted molar refractivity (Wildman–Crippen MR) is 121 cm³/mol. The number of hydrogen-bond acceptors (Lipinski definition) is 6. The molecule has 1 N–H and O–H groups in total. The van der Waals surface area contributed by atoms with Crippen molar-refractivity contribution in [1.29, 1.82) is 0 Å². The number of nitrogens with one attached hydrogen (secondary N) is 1. The second-order valence-corrected chi connectivity index (χ2v) is 8.03. The Hall–Kier alpha value is -3.23. The van der Waals surface area contributed by atoms with Crippen molar-refractivity contribution in [2.75, 3.05) is 12.4 Å². The molecule has 0 aliphatic heterocycles.